The Kier molecular flexibility index (Phi) is 5.95. The molecule has 108 valence electrons. The van der Waals surface area contributed by atoms with E-state index in [1.54, 1.807) is 0 Å². The Morgan fingerprint density at radius 1 is 1.37 bits per heavy atom. The standard InChI is InChI=1S/C16H26O3/c1-12(5-4-6-13(2)11-17)9-10-16(3)14(18)7-8-15(16)19/h6,9,14,17-18H,4-5,7-8,10-11H2,1-3H3/b12-9+,13-6+/t14-,16-/m0/s1. The number of aliphatic hydroxyl groups is 2. The second-order valence-electron chi connectivity index (χ2n) is 5.90. The lowest BCUT2D eigenvalue weighted by molar-refractivity contribution is -0.127. The minimum absolute atomic E-state index is 0.113. The topological polar surface area (TPSA) is 57.5 Å². The predicted molar refractivity (Wildman–Crippen MR) is 76.8 cm³/mol. The summed E-state index contributed by atoms with van der Waals surface area (Å²) in [5, 5.41) is 18.8. The van der Waals surface area contributed by atoms with E-state index >= 15 is 0 Å². The normalized spacial score (nSPS) is 29.1. The lowest BCUT2D eigenvalue weighted by Gasteiger charge is -2.25. The van der Waals surface area contributed by atoms with E-state index in [2.05, 4.69) is 13.0 Å². The number of ketones is 1. The van der Waals surface area contributed by atoms with Crippen molar-refractivity contribution in [1.82, 2.24) is 0 Å². The van der Waals surface area contributed by atoms with Gasteiger partial charge in [-0.05, 0) is 46.5 Å². The van der Waals surface area contributed by atoms with Crippen LogP contribution in [0.5, 0.6) is 0 Å². The second kappa shape index (κ2) is 7.01. The van der Waals surface area contributed by atoms with E-state index in [4.69, 9.17) is 5.11 Å². The van der Waals surface area contributed by atoms with Crippen LogP contribution in [-0.4, -0.2) is 28.7 Å². The summed E-state index contributed by atoms with van der Waals surface area (Å²) in [6.45, 7) is 5.94. The molecule has 1 aliphatic carbocycles. The monoisotopic (exact) mass is 266 g/mol. The maximum absolute atomic E-state index is 11.8. The summed E-state index contributed by atoms with van der Waals surface area (Å²) < 4.78 is 0. The smallest absolute Gasteiger partial charge is 0.141 e. The maximum atomic E-state index is 11.8. The fraction of sp³-hybridized carbons (Fsp3) is 0.688. The number of allylic oxidation sites excluding steroid dienone is 3. The minimum Gasteiger partial charge on any atom is -0.392 e. The van der Waals surface area contributed by atoms with Crippen molar-refractivity contribution in [1.29, 1.82) is 0 Å². The molecule has 0 radical (unpaired) electrons. The summed E-state index contributed by atoms with van der Waals surface area (Å²) in [6.07, 6.45) is 7.18. The maximum Gasteiger partial charge on any atom is 0.141 e. The van der Waals surface area contributed by atoms with Crippen LogP contribution < -0.4 is 0 Å². The van der Waals surface area contributed by atoms with Crippen LogP contribution in [0.3, 0.4) is 0 Å². The quantitative estimate of drug-likeness (QED) is 0.727. The van der Waals surface area contributed by atoms with Crippen molar-refractivity contribution in [3.05, 3.63) is 23.3 Å². The van der Waals surface area contributed by atoms with E-state index in [1.807, 2.05) is 19.9 Å². The van der Waals surface area contributed by atoms with E-state index in [0.717, 1.165) is 18.4 Å². The number of Topliss-reactive ketones (excluding diaryl/α,β-unsaturated/α-hetero) is 1. The Labute approximate surface area is 116 Å². The molecule has 1 saturated carbocycles. The summed E-state index contributed by atoms with van der Waals surface area (Å²) in [6, 6.07) is 0. The molecule has 3 heteroatoms. The molecule has 0 saturated heterocycles. The first kappa shape index (κ1) is 16.1. The Morgan fingerprint density at radius 3 is 2.58 bits per heavy atom. The molecule has 0 aromatic heterocycles. The highest BCUT2D eigenvalue weighted by molar-refractivity contribution is 5.87. The van der Waals surface area contributed by atoms with E-state index < -0.39 is 11.5 Å². The van der Waals surface area contributed by atoms with Crippen LogP contribution in [0, 0.1) is 5.41 Å². The zero-order valence-electron chi connectivity index (χ0n) is 12.3. The van der Waals surface area contributed by atoms with Gasteiger partial charge in [-0.1, -0.05) is 23.3 Å². The van der Waals surface area contributed by atoms with Gasteiger partial charge in [0.15, 0.2) is 0 Å². The number of hydrogen-bond donors (Lipinski definition) is 2. The molecule has 0 bridgehead atoms. The second-order valence-corrected chi connectivity index (χ2v) is 5.90. The average Bonchev–Trinajstić information content (AvgIpc) is 2.64. The van der Waals surface area contributed by atoms with E-state index in [-0.39, 0.29) is 12.4 Å². The van der Waals surface area contributed by atoms with E-state index in [1.165, 1.54) is 5.57 Å². The molecule has 0 aliphatic heterocycles. The van der Waals surface area contributed by atoms with Crippen molar-refractivity contribution in [2.75, 3.05) is 6.61 Å². The van der Waals surface area contributed by atoms with Crippen LogP contribution in [0.1, 0.15) is 52.9 Å². The fourth-order valence-corrected chi connectivity index (χ4v) is 2.41. The largest absolute Gasteiger partial charge is 0.392 e. The van der Waals surface area contributed by atoms with Crippen LogP contribution in [0.15, 0.2) is 23.3 Å². The first-order chi connectivity index (χ1) is 8.90. The summed E-state index contributed by atoms with van der Waals surface area (Å²) in [5.41, 5.74) is 1.63. The third-order valence-electron chi connectivity index (χ3n) is 4.17. The van der Waals surface area contributed by atoms with Crippen LogP contribution in [-0.2, 0) is 4.79 Å². The summed E-state index contributed by atoms with van der Waals surface area (Å²) in [4.78, 5) is 11.8. The van der Waals surface area contributed by atoms with Crippen molar-refractivity contribution in [2.45, 2.75) is 59.0 Å². The minimum atomic E-state index is -0.585. The van der Waals surface area contributed by atoms with Gasteiger partial charge in [-0.25, -0.2) is 0 Å². The summed E-state index contributed by atoms with van der Waals surface area (Å²) >= 11 is 0. The third kappa shape index (κ3) is 4.29. The highest BCUT2D eigenvalue weighted by Crippen LogP contribution is 2.38. The Hall–Kier alpha value is -0.930. The number of rotatable bonds is 6. The van der Waals surface area contributed by atoms with Crippen molar-refractivity contribution in [3.8, 4) is 0 Å². The van der Waals surface area contributed by atoms with Crippen LogP contribution >= 0.6 is 0 Å². The zero-order chi connectivity index (χ0) is 14.5. The van der Waals surface area contributed by atoms with Gasteiger partial charge in [0.1, 0.15) is 5.78 Å². The molecule has 0 aromatic rings. The van der Waals surface area contributed by atoms with Crippen LogP contribution in [0.2, 0.25) is 0 Å². The molecule has 1 aliphatic rings. The molecule has 3 nitrogen and oxygen atoms in total. The number of carbonyl (C=O) groups excluding carboxylic acids is 1. The SMILES string of the molecule is C/C(=C\CC/C(C)=C/C[C@]1(C)C(=O)CC[C@@H]1O)CO. The lowest BCUT2D eigenvalue weighted by atomic mass is 9.81. The van der Waals surface area contributed by atoms with Crippen LogP contribution in [0.25, 0.3) is 0 Å². The molecular weight excluding hydrogens is 240 g/mol. The molecule has 1 fully saturated rings. The molecule has 0 amide bonds. The Bertz CT molecular complexity index is 381. The third-order valence-corrected chi connectivity index (χ3v) is 4.17. The van der Waals surface area contributed by atoms with E-state index in [0.29, 0.717) is 19.3 Å². The van der Waals surface area contributed by atoms with Gasteiger partial charge in [0.05, 0.1) is 18.1 Å². The number of carbonyl (C=O) groups is 1. The fourth-order valence-electron chi connectivity index (χ4n) is 2.41. The van der Waals surface area contributed by atoms with E-state index in [9.17, 15) is 9.90 Å². The molecule has 2 atom stereocenters. The van der Waals surface area contributed by atoms with Crippen LogP contribution in [0.4, 0.5) is 0 Å². The van der Waals surface area contributed by atoms with Gasteiger partial charge >= 0.3 is 0 Å². The number of hydrogen-bond acceptors (Lipinski definition) is 3. The lowest BCUT2D eigenvalue weighted by Crippen LogP contribution is -2.32. The molecule has 2 N–H and O–H groups in total. The van der Waals surface area contributed by atoms with Crippen molar-refractivity contribution < 1.29 is 15.0 Å². The molecule has 19 heavy (non-hydrogen) atoms. The van der Waals surface area contributed by atoms with Gasteiger partial charge in [0.25, 0.3) is 0 Å². The molecular formula is C16H26O3. The van der Waals surface area contributed by atoms with Gasteiger partial charge in [-0.15, -0.1) is 0 Å². The summed E-state index contributed by atoms with van der Waals surface area (Å²) in [7, 11) is 0. The van der Waals surface area contributed by atoms with Gasteiger partial charge in [-0.3, -0.25) is 4.79 Å². The molecule has 1 rings (SSSR count). The van der Waals surface area contributed by atoms with Gasteiger partial charge < -0.3 is 10.2 Å². The first-order valence-electron chi connectivity index (χ1n) is 7.03. The van der Waals surface area contributed by atoms with Gasteiger partial charge in [-0.2, -0.15) is 0 Å². The number of aliphatic hydroxyl groups excluding tert-OH is 2. The molecule has 0 unspecified atom stereocenters. The highest BCUT2D eigenvalue weighted by Gasteiger charge is 2.44. The van der Waals surface area contributed by atoms with Crippen molar-refractivity contribution in [3.63, 3.8) is 0 Å². The Balaban J connectivity index is 2.49. The van der Waals surface area contributed by atoms with Gasteiger partial charge in [0, 0.05) is 6.42 Å². The molecule has 0 spiro atoms. The van der Waals surface area contributed by atoms with Crippen molar-refractivity contribution >= 4 is 5.78 Å². The summed E-state index contributed by atoms with van der Waals surface area (Å²) in [5.74, 6) is 0.181. The zero-order valence-corrected chi connectivity index (χ0v) is 12.3. The highest BCUT2D eigenvalue weighted by atomic mass is 16.3. The first-order valence-corrected chi connectivity index (χ1v) is 7.03. The molecule has 0 aromatic carbocycles. The van der Waals surface area contributed by atoms with Gasteiger partial charge in [0.2, 0.25) is 0 Å². The van der Waals surface area contributed by atoms with Crippen molar-refractivity contribution in [2.24, 2.45) is 5.41 Å². The Morgan fingerprint density at radius 2 is 2.05 bits per heavy atom. The predicted octanol–water partition coefficient (Wildman–Crippen LogP) is 2.77. The molecule has 0 heterocycles. The average molecular weight is 266 g/mol.